The van der Waals surface area contributed by atoms with Crippen LogP contribution in [0.3, 0.4) is 0 Å². The van der Waals surface area contributed by atoms with Crippen molar-refractivity contribution in [3.63, 3.8) is 0 Å². The van der Waals surface area contributed by atoms with Crippen molar-refractivity contribution in [2.75, 3.05) is 14.2 Å². The van der Waals surface area contributed by atoms with E-state index in [0.29, 0.717) is 34.5 Å². The summed E-state index contributed by atoms with van der Waals surface area (Å²) in [5.41, 5.74) is 1.44. The van der Waals surface area contributed by atoms with Crippen molar-refractivity contribution in [1.82, 2.24) is 0 Å². The zero-order valence-corrected chi connectivity index (χ0v) is 11.8. The van der Waals surface area contributed by atoms with Gasteiger partial charge in [-0.15, -0.1) is 0 Å². The van der Waals surface area contributed by atoms with Crippen molar-refractivity contribution < 1.29 is 18.7 Å². The lowest BCUT2D eigenvalue weighted by atomic mass is 10.0. The second-order valence-electron chi connectivity index (χ2n) is 4.31. The number of hydrogen-bond acceptors (Lipinski definition) is 3. The first-order valence-corrected chi connectivity index (χ1v) is 6.33. The van der Waals surface area contributed by atoms with Crippen molar-refractivity contribution in [1.29, 1.82) is 0 Å². The highest BCUT2D eigenvalue weighted by Crippen LogP contribution is 2.29. The second kappa shape index (κ2) is 6.70. The van der Waals surface area contributed by atoms with Crippen LogP contribution in [0, 0.1) is 5.82 Å². The molecule has 0 spiro atoms. The van der Waals surface area contributed by atoms with E-state index in [1.807, 2.05) is 0 Å². The van der Waals surface area contributed by atoms with Crippen molar-refractivity contribution in [2.24, 2.45) is 0 Å². The van der Waals surface area contributed by atoms with Gasteiger partial charge in [-0.25, -0.2) is 4.39 Å². The van der Waals surface area contributed by atoms with E-state index in [9.17, 15) is 9.18 Å². The molecule has 0 atom stereocenters. The largest absolute Gasteiger partial charge is 0.497 e. The van der Waals surface area contributed by atoms with E-state index in [0.717, 1.165) is 0 Å². The van der Waals surface area contributed by atoms with Gasteiger partial charge in [-0.05, 0) is 17.7 Å². The van der Waals surface area contributed by atoms with Crippen LogP contribution >= 0.6 is 0 Å². The number of ether oxygens (including phenoxy) is 2. The summed E-state index contributed by atoms with van der Waals surface area (Å²) in [4.78, 5) is 11.3. The lowest BCUT2D eigenvalue weighted by Crippen LogP contribution is -1.96. The van der Waals surface area contributed by atoms with E-state index < -0.39 is 0 Å². The topological polar surface area (TPSA) is 35.5 Å². The first kappa shape index (κ1) is 14.8. The van der Waals surface area contributed by atoms with Gasteiger partial charge in [0.2, 0.25) is 0 Å². The molecular weight excluding hydrogens is 271 g/mol. The molecule has 0 amide bonds. The molecule has 0 fully saturated rings. The third-order valence-corrected chi connectivity index (χ3v) is 3.07. The van der Waals surface area contributed by atoms with Crippen LogP contribution in [0.25, 0.3) is 12.2 Å². The third-order valence-electron chi connectivity index (χ3n) is 3.07. The molecule has 0 aliphatic heterocycles. The third kappa shape index (κ3) is 3.28. The Morgan fingerprint density at radius 1 is 1.00 bits per heavy atom. The zero-order valence-electron chi connectivity index (χ0n) is 11.8. The molecule has 0 aliphatic rings. The molecule has 2 aromatic rings. The summed E-state index contributed by atoms with van der Waals surface area (Å²) >= 11 is 0. The van der Waals surface area contributed by atoms with Gasteiger partial charge in [-0.3, -0.25) is 4.79 Å². The molecule has 0 radical (unpaired) electrons. The quantitative estimate of drug-likeness (QED) is 0.619. The van der Waals surface area contributed by atoms with Crippen LogP contribution in [-0.2, 0) is 0 Å². The van der Waals surface area contributed by atoms with Crippen LogP contribution in [0.15, 0.2) is 36.4 Å². The summed E-state index contributed by atoms with van der Waals surface area (Å²) in [6, 6.07) is 9.73. The fourth-order valence-electron chi connectivity index (χ4n) is 1.96. The summed E-state index contributed by atoms with van der Waals surface area (Å²) < 4.78 is 23.9. The molecule has 0 N–H and O–H groups in total. The molecule has 0 saturated carbocycles. The smallest absolute Gasteiger partial charge is 0.154 e. The van der Waals surface area contributed by atoms with E-state index in [2.05, 4.69) is 0 Å². The van der Waals surface area contributed by atoms with Crippen molar-refractivity contribution in [3.05, 3.63) is 58.9 Å². The number of rotatable bonds is 5. The number of aldehydes is 1. The van der Waals surface area contributed by atoms with Gasteiger partial charge < -0.3 is 9.47 Å². The molecule has 0 bridgehead atoms. The first-order valence-electron chi connectivity index (χ1n) is 6.33. The average Bonchev–Trinajstić information content (AvgIpc) is 2.53. The average molecular weight is 286 g/mol. The van der Waals surface area contributed by atoms with E-state index in [-0.39, 0.29) is 5.82 Å². The predicted molar refractivity (Wildman–Crippen MR) is 80.3 cm³/mol. The van der Waals surface area contributed by atoms with Gasteiger partial charge in [0, 0.05) is 11.6 Å². The summed E-state index contributed by atoms with van der Waals surface area (Å²) in [6.45, 7) is 0. The molecule has 2 rings (SSSR count). The van der Waals surface area contributed by atoms with Gasteiger partial charge in [0.15, 0.2) is 6.29 Å². The van der Waals surface area contributed by atoms with Crippen LogP contribution in [0.2, 0.25) is 0 Å². The minimum absolute atomic E-state index is 0.323. The fraction of sp³-hybridized carbons (Fsp3) is 0.118. The molecule has 0 aliphatic carbocycles. The molecule has 108 valence electrons. The molecule has 0 unspecified atom stereocenters. The number of halogens is 1. The Morgan fingerprint density at radius 2 is 1.71 bits per heavy atom. The van der Waals surface area contributed by atoms with E-state index in [4.69, 9.17) is 9.47 Å². The van der Waals surface area contributed by atoms with Crippen LogP contribution in [0.1, 0.15) is 21.5 Å². The summed E-state index contributed by atoms with van der Waals surface area (Å²) in [5, 5.41) is 0. The molecule has 0 heterocycles. The normalized spacial score (nSPS) is 10.6. The van der Waals surface area contributed by atoms with Gasteiger partial charge >= 0.3 is 0 Å². The highest BCUT2D eigenvalue weighted by molar-refractivity contribution is 5.89. The lowest BCUT2D eigenvalue weighted by molar-refractivity contribution is 0.112. The Morgan fingerprint density at radius 3 is 2.33 bits per heavy atom. The van der Waals surface area contributed by atoms with Gasteiger partial charge in [0.05, 0.1) is 19.8 Å². The highest BCUT2D eigenvalue weighted by Gasteiger charge is 2.10. The van der Waals surface area contributed by atoms with Crippen molar-refractivity contribution in [2.45, 2.75) is 0 Å². The minimum atomic E-state index is -0.323. The van der Waals surface area contributed by atoms with Crippen molar-refractivity contribution >= 4 is 18.4 Å². The number of carbonyl (C=O) groups is 1. The number of benzene rings is 2. The monoisotopic (exact) mass is 286 g/mol. The molecule has 0 aromatic heterocycles. The minimum Gasteiger partial charge on any atom is -0.497 e. The lowest BCUT2D eigenvalue weighted by Gasteiger charge is -2.09. The first-order chi connectivity index (χ1) is 10.2. The molecule has 2 aromatic carbocycles. The predicted octanol–water partition coefficient (Wildman–Crippen LogP) is 3.83. The van der Waals surface area contributed by atoms with E-state index >= 15 is 0 Å². The fourth-order valence-corrected chi connectivity index (χ4v) is 1.96. The molecule has 21 heavy (non-hydrogen) atoms. The van der Waals surface area contributed by atoms with Crippen LogP contribution < -0.4 is 9.47 Å². The Kier molecular flexibility index (Phi) is 4.72. The molecule has 0 saturated heterocycles. The second-order valence-corrected chi connectivity index (χ2v) is 4.31. The van der Waals surface area contributed by atoms with Gasteiger partial charge in [-0.1, -0.05) is 30.4 Å². The van der Waals surface area contributed by atoms with Crippen LogP contribution in [-0.4, -0.2) is 20.5 Å². The summed E-state index contributed by atoms with van der Waals surface area (Å²) in [5.74, 6) is 0.652. The van der Waals surface area contributed by atoms with Crippen LogP contribution in [0.4, 0.5) is 4.39 Å². The van der Waals surface area contributed by atoms with E-state index in [1.54, 1.807) is 42.5 Å². The molecular formula is C17H15FO3. The van der Waals surface area contributed by atoms with Crippen LogP contribution in [0.5, 0.6) is 11.5 Å². The molecule has 4 heteroatoms. The zero-order chi connectivity index (χ0) is 15.2. The standard InChI is InChI=1S/C17H15FO3/c1-20-14-9-13(15(11-19)17(10-14)21-2)8-7-12-5-3-4-6-16(12)18/h3-11H,1-2H3/b8-7+. The Labute approximate surface area is 122 Å². The number of methoxy groups -OCH3 is 2. The van der Waals surface area contributed by atoms with Gasteiger partial charge in [0.1, 0.15) is 17.3 Å². The Bertz CT molecular complexity index is 678. The maximum absolute atomic E-state index is 13.6. The van der Waals surface area contributed by atoms with Gasteiger partial charge in [-0.2, -0.15) is 0 Å². The number of carbonyl (C=O) groups excluding carboxylic acids is 1. The summed E-state index contributed by atoms with van der Waals surface area (Å²) in [7, 11) is 3.01. The Hall–Kier alpha value is -2.62. The summed E-state index contributed by atoms with van der Waals surface area (Å²) in [6.07, 6.45) is 3.98. The Balaban J connectivity index is 2.47. The van der Waals surface area contributed by atoms with Crippen molar-refractivity contribution in [3.8, 4) is 11.5 Å². The maximum atomic E-state index is 13.6. The molecule has 3 nitrogen and oxygen atoms in total. The highest BCUT2D eigenvalue weighted by atomic mass is 19.1. The van der Waals surface area contributed by atoms with E-state index in [1.165, 1.54) is 20.3 Å². The number of hydrogen-bond donors (Lipinski definition) is 0. The maximum Gasteiger partial charge on any atom is 0.154 e. The van der Waals surface area contributed by atoms with Gasteiger partial charge in [0.25, 0.3) is 0 Å². The SMILES string of the molecule is COc1cc(/C=C/c2ccccc2F)c(C=O)c(OC)c1.